The van der Waals surface area contributed by atoms with Crippen LogP contribution >= 0.6 is 7.92 Å². The molecule has 2 fully saturated rings. The molecule has 0 bridgehead atoms. The van der Waals surface area contributed by atoms with E-state index in [1.807, 2.05) is 6.07 Å². The van der Waals surface area contributed by atoms with Gasteiger partial charge >= 0.3 is 53.4 Å². The van der Waals surface area contributed by atoms with Crippen LogP contribution in [0, 0.1) is 0 Å². The third kappa shape index (κ3) is 10.1. The molecule has 0 radical (unpaired) electrons. The Balaban J connectivity index is 0.000000378. The summed E-state index contributed by atoms with van der Waals surface area (Å²) in [4.78, 5) is 0. The molecule has 0 aliphatic heterocycles. The fourth-order valence-corrected chi connectivity index (χ4v) is 11.5. The minimum atomic E-state index is -6.60. The Morgan fingerprint density at radius 3 is 1.44 bits per heavy atom. The van der Waals surface area contributed by atoms with Crippen LogP contribution in [0.15, 0.2) is 42.5 Å². The Morgan fingerprint density at radius 1 is 0.667 bits per heavy atom. The smallest absolute Gasteiger partial charge is 0.496 e. The Morgan fingerprint density at radius 2 is 1.07 bits per heavy atom. The van der Waals surface area contributed by atoms with Crippen molar-refractivity contribution in [3.05, 3.63) is 42.5 Å². The maximum atomic E-state index is 11.5. The first-order valence-electron chi connectivity index (χ1n) is 14.0. The Kier molecular flexibility index (Phi) is 14.7. The van der Waals surface area contributed by atoms with E-state index in [0.717, 1.165) is 28.4 Å². The molecule has 0 spiro atoms. The van der Waals surface area contributed by atoms with Gasteiger partial charge in [0, 0.05) is 0 Å². The zero-order valence-electron chi connectivity index (χ0n) is 24.5. The van der Waals surface area contributed by atoms with Crippen molar-refractivity contribution in [1.82, 2.24) is 4.13 Å². The van der Waals surface area contributed by atoms with Gasteiger partial charge in [-0.1, -0.05) is 80.9 Å². The minimum absolute atomic E-state index is 0. The van der Waals surface area contributed by atoms with Crippen molar-refractivity contribution in [2.45, 2.75) is 86.5 Å². The molecule has 0 unspecified atom stereocenters. The van der Waals surface area contributed by atoms with Gasteiger partial charge in [-0.25, -0.2) is 16.8 Å². The van der Waals surface area contributed by atoms with E-state index in [2.05, 4.69) is 36.4 Å². The Bertz CT molecular complexity index is 1380. The number of benzene rings is 2. The van der Waals surface area contributed by atoms with Crippen LogP contribution in [0.4, 0.5) is 26.3 Å². The van der Waals surface area contributed by atoms with E-state index >= 15 is 0 Å². The van der Waals surface area contributed by atoms with Crippen LogP contribution in [-0.4, -0.2) is 53.4 Å². The zero-order chi connectivity index (χ0) is 32.8. The van der Waals surface area contributed by atoms with Crippen molar-refractivity contribution < 1.29 is 75.0 Å². The van der Waals surface area contributed by atoms with Gasteiger partial charge in [0.2, 0.25) is 0 Å². The molecule has 2 aliphatic carbocycles. The van der Waals surface area contributed by atoms with Crippen LogP contribution < -0.4 is 18.9 Å². The van der Waals surface area contributed by atoms with E-state index in [1.165, 1.54) is 69.8 Å². The quantitative estimate of drug-likeness (QED) is 0.169. The predicted octanol–water partition coefficient (Wildman–Crippen LogP) is 7.42. The molecule has 2 aromatic carbocycles. The second kappa shape index (κ2) is 16.7. The van der Waals surface area contributed by atoms with Gasteiger partial charge in [0.05, 0.1) is 19.8 Å². The van der Waals surface area contributed by atoms with Crippen LogP contribution in [0.2, 0.25) is 0 Å². The summed E-state index contributed by atoms with van der Waals surface area (Å²) >= 11 is 0. The molecule has 258 valence electrons. The van der Waals surface area contributed by atoms with Crippen molar-refractivity contribution in [2.24, 2.45) is 0 Å². The topological polar surface area (TPSA) is 98.8 Å². The summed E-state index contributed by atoms with van der Waals surface area (Å²) in [6.07, 6.45) is 14.2. The van der Waals surface area contributed by atoms with E-state index in [9.17, 15) is 43.2 Å². The fraction of sp³-hybridized carbons (Fsp3) is 0.571. The summed E-state index contributed by atoms with van der Waals surface area (Å²) < 4.78 is 120. The van der Waals surface area contributed by atoms with Crippen molar-refractivity contribution in [2.75, 3.05) is 14.2 Å². The van der Waals surface area contributed by atoms with Crippen LogP contribution in [0.5, 0.6) is 11.5 Å². The standard InChI is InChI=1S/C26H35O2P.C2HF6NO4S2.Au/c1-27-23-17-11-18-24(28-2)26(23)22-16-9-10-19-25(22)29(20-12-5-3-6-13-20)21-14-7-4-8-15-21;3-1(4,5)14(10,11)9-15(12,13)2(6,7)8;/h9-11,16-21H,3-8,12-15H2,1-2H3;9H;/q;;+1. The largest absolute Gasteiger partial charge is 1.00 e. The molecule has 17 heteroatoms. The molecule has 2 saturated carbocycles. The maximum Gasteiger partial charge on any atom is 1.00 e. The minimum Gasteiger partial charge on any atom is -0.496 e. The molecule has 4 rings (SSSR count). The summed E-state index contributed by atoms with van der Waals surface area (Å²) in [5, 5.41) is 1.59. The molecule has 2 aromatic rings. The third-order valence-corrected chi connectivity index (χ3v) is 14.2. The zero-order valence-corrected chi connectivity index (χ0v) is 29.2. The SMILES string of the molecule is COc1cccc(OC)c1-c1ccccc1P(C1CCCCC1)C1CCCCC1.O=S(=O)(NS(=O)(=O)C(F)(F)F)C(F)(F)F.[Au+]. The van der Waals surface area contributed by atoms with E-state index < -0.39 is 35.2 Å². The summed E-state index contributed by atoms with van der Waals surface area (Å²) in [6, 6.07) is 15.3. The summed E-state index contributed by atoms with van der Waals surface area (Å²) in [5.74, 6) is 1.83. The van der Waals surface area contributed by atoms with Gasteiger partial charge in [-0.2, -0.15) is 26.3 Å². The van der Waals surface area contributed by atoms with E-state index in [0.29, 0.717) is 0 Å². The van der Waals surface area contributed by atoms with Crippen LogP contribution in [0.1, 0.15) is 64.2 Å². The number of sulfonamides is 2. The summed E-state index contributed by atoms with van der Waals surface area (Å²) in [7, 11) is -9.84. The van der Waals surface area contributed by atoms with E-state index in [1.54, 1.807) is 19.5 Å². The average molecular weight is 889 g/mol. The molecule has 0 saturated heterocycles. The van der Waals surface area contributed by atoms with Gasteiger partial charge < -0.3 is 9.47 Å². The molecule has 1 N–H and O–H groups in total. The van der Waals surface area contributed by atoms with Gasteiger partial charge in [0.1, 0.15) is 11.5 Å². The van der Waals surface area contributed by atoms with Crippen LogP contribution in [0.25, 0.3) is 11.1 Å². The Labute approximate surface area is 277 Å². The van der Waals surface area contributed by atoms with Gasteiger partial charge in [-0.3, -0.25) is 0 Å². The molecule has 0 heterocycles. The van der Waals surface area contributed by atoms with Crippen molar-refractivity contribution in [1.29, 1.82) is 0 Å². The van der Waals surface area contributed by atoms with Gasteiger partial charge in [-0.15, -0.1) is 0 Å². The first-order valence-corrected chi connectivity index (χ1v) is 18.5. The van der Waals surface area contributed by atoms with Crippen LogP contribution in [-0.2, 0) is 42.4 Å². The number of alkyl halides is 6. The number of hydrogen-bond donors (Lipinski definition) is 1. The number of rotatable bonds is 8. The van der Waals surface area contributed by atoms with E-state index in [-0.39, 0.29) is 30.3 Å². The number of nitrogens with one attached hydrogen (secondary N) is 1. The van der Waals surface area contributed by atoms with Crippen molar-refractivity contribution >= 4 is 33.3 Å². The fourth-order valence-electron chi connectivity index (χ4n) is 5.68. The van der Waals surface area contributed by atoms with Gasteiger partial charge in [-0.05, 0) is 60.0 Å². The molecule has 2 aliphatic rings. The molecule has 7 nitrogen and oxygen atoms in total. The van der Waals surface area contributed by atoms with Crippen LogP contribution in [0.3, 0.4) is 0 Å². The molecule has 0 aromatic heterocycles. The molecular formula is C28H36AuF6NO6PS2+. The van der Waals surface area contributed by atoms with Crippen molar-refractivity contribution in [3.8, 4) is 22.6 Å². The first-order chi connectivity index (χ1) is 20.5. The molecule has 45 heavy (non-hydrogen) atoms. The number of halogens is 6. The molecular weight excluding hydrogens is 852 g/mol. The first kappa shape index (κ1) is 39.8. The second-order valence-electron chi connectivity index (χ2n) is 10.5. The van der Waals surface area contributed by atoms with Gasteiger partial charge in [0.25, 0.3) is 0 Å². The summed E-state index contributed by atoms with van der Waals surface area (Å²) in [6.45, 7) is 0. The van der Waals surface area contributed by atoms with Crippen molar-refractivity contribution in [3.63, 3.8) is 0 Å². The van der Waals surface area contributed by atoms with E-state index in [4.69, 9.17) is 9.47 Å². The van der Waals surface area contributed by atoms with Gasteiger partial charge in [0.15, 0.2) is 0 Å². The third-order valence-electron chi connectivity index (χ3n) is 7.64. The molecule has 0 atom stereocenters. The summed E-state index contributed by atoms with van der Waals surface area (Å²) in [5.41, 5.74) is -8.07. The number of methoxy groups -OCH3 is 2. The predicted molar refractivity (Wildman–Crippen MR) is 158 cm³/mol. The normalized spacial score (nSPS) is 17.2. The number of hydrogen-bond acceptors (Lipinski definition) is 6. The monoisotopic (exact) mass is 888 g/mol. The maximum absolute atomic E-state index is 11.5. The second-order valence-corrected chi connectivity index (χ2v) is 16.9. The molecule has 0 amide bonds. The average Bonchev–Trinajstić information content (AvgIpc) is 2.97. The number of ether oxygens (including phenoxy) is 2. The Hall–Kier alpha value is -1.35.